The summed E-state index contributed by atoms with van der Waals surface area (Å²) in [6.45, 7) is 1.48. The van der Waals surface area contributed by atoms with E-state index in [1.54, 1.807) is 31.2 Å². The fraction of sp³-hybridized carbons (Fsp3) is 0.167. The fourth-order valence-electron chi connectivity index (χ4n) is 2.02. The van der Waals surface area contributed by atoms with Gasteiger partial charge >= 0.3 is 6.16 Å². The molecule has 0 spiro atoms. The molecular weight excluding hydrogens is 370 g/mol. The highest BCUT2D eigenvalue weighted by molar-refractivity contribution is 5.95. The molecular formula is C18H17N3O7. The van der Waals surface area contributed by atoms with Crippen molar-refractivity contribution < 1.29 is 28.8 Å². The Labute approximate surface area is 159 Å². The van der Waals surface area contributed by atoms with Gasteiger partial charge in [0.1, 0.15) is 18.4 Å². The second-order valence-electron chi connectivity index (χ2n) is 5.58. The molecule has 0 unspecified atom stereocenters. The molecule has 0 aliphatic rings. The lowest BCUT2D eigenvalue weighted by atomic mass is 10.2. The van der Waals surface area contributed by atoms with Gasteiger partial charge in [-0.2, -0.15) is 0 Å². The molecule has 10 nitrogen and oxygen atoms in total. The minimum absolute atomic E-state index is 0.0663. The van der Waals surface area contributed by atoms with E-state index < -0.39 is 17.1 Å². The fourth-order valence-corrected chi connectivity index (χ4v) is 2.02. The zero-order chi connectivity index (χ0) is 20.5. The zero-order valence-corrected chi connectivity index (χ0v) is 14.8. The average Bonchev–Trinajstić information content (AvgIpc) is 2.68. The molecule has 28 heavy (non-hydrogen) atoms. The topological polar surface area (TPSA) is 137 Å². The Morgan fingerprint density at radius 1 is 1.14 bits per heavy atom. The molecule has 10 heteroatoms. The maximum atomic E-state index is 11.8. The smallest absolute Gasteiger partial charge is 0.429 e. The molecule has 2 aromatic rings. The molecule has 0 saturated carbocycles. The molecule has 2 N–H and O–H groups in total. The Kier molecular flexibility index (Phi) is 7.03. The van der Waals surface area contributed by atoms with E-state index in [-0.39, 0.29) is 24.0 Å². The van der Waals surface area contributed by atoms with Crippen LogP contribution in [0.25, 0.3) is 0 Å². The molecule has 2 aromatic carbocycles. The summed E-state index contributed by atoms with van der Waals surface area (Å²) in [5, 5.41) is 15.5. The summed E-state index contributed by atoms with van der Waals surface area (Å²) in [4.78, 5) is 43.8. The van der Waals surface area contributed by atoms with Gasteiger partial charge in [0.05, 0.1) is 4.92 Å². The third kappa shape index (κ3) is 6.09. The number of hydrogen-bond acceptors (Lipinski definition) is 7. The van der Waals surface area contributed by atoms with E-state index in [4.69, 9.17) is 9.47 Å². The van der Waals surface area contributed by atoms with E-state index in [1.165, 1.54) is 24.3 Å². The van der Waals surface area contributed by atoms with Crippen LogP contribution in [0.3, 0.4) is 0 Å². The van der Waals surface area contributed by atoms with Crippen LogP contribution in [0.4, 0.5) is 16.2 Å². The van der Waals surface area contributed by atoms with Crippen LogP contribution < -0.4 is 15.4 Å². The van der Waals surface area contributed by atoms with Crippen LogP contribution in [0.1, 0.15) is 12.5 Å². The van der Waals surface area contributed by atoms with E-state index in [9.17, 15) is 24.5 Å². The van der Waals surface area contributed by atoms with Crippen LogP contribution in [0.5, 0.6) is 5.75 Å². The molecule has 0 saturated heterocycles. The lowest BCUT2D eigenvalue weighted by Gasteiger charge is -2.11. The summed E-state index contributed by atoms with van der Waals surface area (Å²) >= 11 is 0. The largest absolute Gasteiger partial charge is 0.514 e. The van der Waals surface area contributed by atoms with Crippen molar-refractivity contribution >= 4 is 29.8 Å². The molecule has 0 bridgehead atoms. The standard InChI is InChI=1S/C18H17N3O7/c1-12(19-11-22)17(23)20-14-4-2-13(3-5-14)10-27-18(24)28-16-8-6-15(7-9-16)21(25)26/h2-9,11-12H,10H2,1H3,(H,19,22)(H,20,23)/t12-/m0/s1. The second-order valence-corrected chi connectivity index (χ2v) is 5.58. The molecule has 0 heterocycles. The molecule has 0 aliphatic carbocycles. The van der Waals surface area contributed by atoms with E-state index in [1.807, 2.05) is 0 Å². The summed E-state index contributed by atoms with van der Waals surface area (Å²) in [6, 6.07) is 10.9. The van der Waals surface area contributed by atoms with Crippen molar-refractivity contribution in [2.24, 2.45) is 0 Å². The lowest BCUT2D eigenvalue weighted by molar-refractivity contribution is -0.384. The molecule has 146 valence electrons. The normalized spacial score (nSPS) is 11.0. The Morgan fingerprint density at radius 3 is 2.36 bits per heavy atom. The molecule has 0 radical (unpaired) electrons. The van der Waals surface area contributed by atoms with E-state index in [0.29, 0.717) is 17.7 Å². The van der Waals surface area contributed by atoms with Gasteiger partial charge in [0.15, 0.2) is 0 Å². The monoisotopic (exact) mass is 387 g/mol. The first-order valence-electron chi connectivity index (χ1n) is 8.07. The van der Waals surface area contributed by atoms with E-state index in [0.717, 1.165) is 0 Å². The predicted molar refractivity (Wildman–Crippen MR) is 97.6 cm³/mol. The Morgan fingerprint density at radius 2 is 1.79 bits per heavy atom. The number of carbonyl (C=O) groups excluding carboxylic acids is 3. The van der Waals surface area contributed by atoms with Crippen molar-refractivity contribution in [1.29, 1.82) is 0 Å². The zero-order valence-electron chi connectivity index (χ0n) is 14.8. The summed E-state index contributed by atoms with van der Waals surface area (Å²) in [5.74, 6) is -0.255. The van der Waals surface area contributed by atoms with Crippen LogP contribution in [0.15, 0.2) is 48.5 Å². The van der Waals surface area contributed by atoms with Crippen molar-refractivity contribution in [2.75, 3.05) is 5.32 Å². The molecule has 0 aliphatic heterocycles. The van der Waals surface area contributed by atoms with Gasteiger partial charge in [-0.25, -0.2) is 4.79 Å². The average molecular weight is 387 g/mol. The Balaban J connectivity index is 1.82. The number of hydrogen-bond donors (Lipinski definition) is 2. The third-order valence-electron chi connectivity index (χ3n) is 3.54. The lowest BCUT2D eigenvalue weighted by Crippen LogP contribution is -2.37. The Hall–Kier alpha value is -3.95. The number of nitrogens with one attached hydrogen (secondary N) is 2. The van der Waals surface area contributed by atoms with Gasteiger partial charge in [0.25, 0.3) is 5.69 Å². The van der Waals surface area contributed by atoms with Gasteiger partial charge in [-0.15, -0.1) is 0 Å². The number of carbonyl (C=O) groups is 3. The quantitative estimate of drug-likeness (QED) is 0.233. The highest BCUT2D eigenvalue weighted by Gasteiger charge is 2.12. The SMILES string of the molecule is C[C@H](NC=O)C(=O)Nc1ccc(COC(=O)Oc2ccc([N+](=O)[O-])cc2)cc1. The number of nitro groups is 1. The minimum Gasteiger partial charge on any atom is -0.429 e. The van der Waals surface area contributed by atoms with Crippen LogP contribution in [-0.4, -0.2) is 29.4 Å². The first-order valence-corrected chi connectivity index (χ1v) is 8.07. The van der Waals surface area contributed by atoms with Gasteiger partial charge < -0.3 is 20.1 Å². The third-order valence-corrected chi connectivity index (χ3v) is 3.54. The first kappa shape index (κ1) is 20.4. The van der Waals surface area contributed by atoms with Gasteiger partial charge in [-0.1, -0.05) is 12.1 Å². The number of amides is 2. The Bertz CT molecular complexity index is 850. The van der Waals surface area contributed by atoms with E-state index in [2.05, 4.69) is 10.6 Å². The minimum atomic E-state index is -0.958. The number of non-ortho nitro benzene ring substituents is 1. The predicted octanol–water partition coefficient (Wildman–Crippen LogP) is 2.38. The molecule has 0 aromatic heterocycles. The van der Waals surface area contributed by atoms with Gasteiger partial charge in [0, 0.05) is 17.8 Å². The highest BCUT2D eigenvalue weighted by Crippen LogP contribution is 2.18. The maximum Gasteiger partial charge on any atom is 0.514 e. The molecule has 0 fully saturated rings. The van der Waals surface area contributed by atoms with Crippen molar-refractivity contribution in [3.63, 3.8) is 0 Å². The molecule has 2 amide bonds. The molecule has 2 rings (SSSR count). The summed E-state index contributed by atoms with van der Waals surface area (Å²) < 4.78 is 9.89. The van der Waals surface area contributed by atoms with Gasteiger partial charge in [-0.3, -0.25) is 19.7 Å². The number of benzene rings is 2. The number of nitro benzene ring substituents is 1. The second kappa shape index (κ2) is 9.67. The van der Waals surface area contributed by atoms with Crippen LogP contribution in [0, 0.1) is 10.1 Å². The van der Waals surface area contributed by atoms with E-state index >= 15 is 0 Å². The van der Waals surface area contributed by atoms with Crippen molar-refractivity contribution in [3.8, 4) is 5.75 Å². The van der Waals surface area contributed by atoms with Crippen molar-refractivity contribution in [2.45, 2.75) is 19.6 Å². The summed E-state index contributed by atoms with van der Waals surface area (Å²) in [7, 11) is 0. The molecule has 1 atom stereocenters. The van der Waals surface area contributed by atoms with Crippen molar-refractivity contribution in [3.05, 3.63) is 64.2 Å². The number of rotatable bonds is 8. The first-order chi connectivity index (χ1) is 13.4. The summed E-state index contributed by atoms with van der Waals surface area (Å²) in [6.07, 6.45) is -0.513. The van der Waals surface area contributed by atoms with Crippen LogP contribution in [0.2, 0.25) is 0 Å². The summed E-state index contributed by atoms with van der Waals surface area (Å²) in [5.41, 5.74) is 1.05. The van der Waals surface area contributed by atoms with Gasteiger partial charge in [0.2, 0.25) is 12.3 Å². The van der Waals surface area contributed by atoms with Crippen LogP contribution >= 0.6 is 0 Å². The number of nitrogens with zero attached hydrogens (tertiary/aromatic N) is 1. The van der Waals surface area contributed by atoms with Gasteiger partial charge in [-0.05, 0) is 36.8 Å². The highest BCUT2D eigenvalue weighted by atomic mass is 16.7. The maximum absolute atomic E-state index is 11.8. The van der Waals surface area contributed by atoms with Crippen LogP contribution in [-0.2, 0) is 20.9 Å². The number of ether oxygens (including phenoxy) is 2. The van der Waals surface area contributed by atoms with Crippen molar-refractivity contribution in [1.82, 2.24) is 5.32 Å². The number of anilines is 1.